The molecule has 100 valence electrons. The fraction of sp³-hybridized carbons (Fsp3) is 0.692. The standard InChI is InChI=1S/C13H22N4O/c1-2-7-18-13-8-12(16-10-17-13)15-6-4-11-3-5-14-9-11/h8,10-11,14H,2-7,9H2,1H3,(H,15,16,17). The summed E-state index contributed by atoms with van der Waals surface area (Å²) in [6.45, 7) is 6.04. The molecular weight excluding hydrogens is 228 g/mol. The van der Waals surface area contributed by atoms with E-state index in [9.17, 15) is 0 Å². The molecule has 0 aromatic carbocycles. The Morgan fingerprint density at radius 1 is 1.50 bits per heavy atom. The maximum absolute atomic E-state index is 5.47. The zero-order valence-electron chi connectivity index (χ0n) is 11.0. The van der Waals surface area contributed by atoms with E-state index in [1.54, 1.807) is 6.33 Å². The van der Waals surface area contributed by atoms with E-state index >= 15 is 0 Å². The van der Waals surface area contributed by atoms with Crippen LogP contribution < -0.4 is 15.4 Å². The number of rotatable bonds is 7. The Balaban J connectivity index is 1.74. The molecule has 1 atom stereocenters. The van der Waals surface area contributed by atoms with Gasteiger partial charge in [-0.1, -0.05) is 6.92 Å². The third-order valence-corrected chi connectivity index (χ3v) is 3.12. The quantitative estimate of drug-likeness (QED) is 0.771. The molecule has 1 aromatic heterocycles. The summed E-state index contributed by atoms with van der Waals surface area (Å²) in [5.74, 6) is 2.30. The summed E-state index contributed by atoms with van der Waals surface area (Å²) < 4.78 is 5.47. The molecule has 2 N–H and O–H groups in total. The smallest absolute Gasteiger partial charge is 0.218 e. The van der Waals surface area contributed by atoms with Gasteiger partial charge in [-0.3, -0.25) is 0 Å². The van der Waals surface area contributed by atoms with Crippen molar-refractivity contribution in [2.24, 2.45) is 5.92 Å². The summed E-state index contributed by atoms with van der Waals surface area (Å²) in [5, 5.41) is 6.71. The Bertz CT molecular complexity index is 353. The fourth-order valence-electron chi connectivity index (χ4n) is 2.09. The Kier molecular flexibility index (Phi) is 5.20. The summed E-state index contributed by atoms with van der Waals surface area (Å²) in [4.78, 5) is 8.27. The van der Waals surface area contributed by atoms with Crippen molar-refractivity contribution in [3.63, 3.8) is 0 Å². The maximum atomic E-state index is 5.47. The largest absolute Gasteiger partial charge is 0.478 e. The van der Waals surface area contributed by atoms with E-state index in [0.29, 0.717) is 12.5 Å². The number of nitrogens with one attached hydrogen (secondary N) is 2. The molecule has 0 spiro atoms. The van der Waals surface area contributed by atoms with E-state index in [-0.39, 0.29) is 0 Å². The van der Waals surface area contributed by atoms with Gasteiger partial charge in [0.25, 0.3) is 0 Å². The SMILES string of the molecule is CCCOc1cc(NCCC2CCNC2)ncn1. The summed E-state index contributed by atoms with van der Waals surface area (Å²) in [6, 6.07) is 1.86. The van der Waals surface area contributed by atoms with Crippen LogP contribution in [0.3, 0.4) is 0 Å². The van der Waals surface area contributed by atoms with Gasteiger partial charge in [0.05, 0.1) is 6.61 Å². The third-order valence-electron chi connectivity index (χ3n) is 3.12. The Labute approximate surface area is 108 Å². The summed E-state index contributed by atoms with van der Waals surface area (Å²) in [6.07, 6.45) is 5.00. The lowest BCUT2D eigenvalue weighted by Gasteiger charge is -2.10. The molecule has 0 saturated carbocycles. The van der Waals surface area contributed by atoms with Crippen LogP contribution in [0.5, 0.6) is 5.88 Å². The van der Waals surface area contributed by atoms with Crippen molar-refractivity contribution in [3.05, 3.63) is 12.4 Å². The molecule has 5 heteroatoms. The Hall–Kier alpha value is -1.36. The van der Waals surface area contributed by atoms with Crippen molar-refractivity contribution in [3.8, 4) is 5.88 Å². The summed E-state index contributed by atoms with van der Waals surface area (Å²) in [5.41, 5.74) is 0. The van der Waals surface area contributed by atoms with E-state index in [4.69, 9.17) is 4.74 Å². The zero-order valence-corrected chi connectivity index (χ0v) is 11.0. The van der Waals surface area contributed by atoms with Crippen molar-refractivity contribution >= 4 is 5.82 Å². The van der Waals surface area contributed by atoms with Crippen LogP contribution in [0.2, 0.25) is 0 Å². The molecule has 0 aliphatic carbocycles. The second-order valence-corrected chi connectivity index (χ2v) is 4.66. The molecule has 0 radical (unpaired) electrons. The van der Waals surface area contributed by atoms with Crippen LogP contribution in [0.15, 0.2) is 12.4 Å². The number of aromatic nitrogens is 2. The molecule has 0 bridgehead atoms. The minimum Gasteiger partial charge on any atom is -0.478 e. The first kappa shape index (κ1) is 13.1. The summed E-state index contributed by atoms with van der Waals surface area (Å²) in [7, 11) is 0. The first-order valence-corrected chi connectivity index (χ1v) is 6.78. The van der Waals surface area contributed by atoms with Gasteiger partial charge in [-0.25, -0.2) is 9.97 Å². The molecule has 1 unspecified atom stereocenters. The molecule has 1 aliphatic rings. The fourth-order valence-corrected chi connectivity index (χ4v) is 2.09. The van der Waals surface area contributed by atoms with E-state index in [1.807, 2.05) is 6.07 Å². The Morgan fingerprint density at radius 3 is 3.22 bits per heavy atom. The van der Waals surface area contributed by atoms with E-state index in [2.05, 4.69) is 27.5 Å². The monoisotopic (exact) mass is 250 g/mol. The lowest BCUT2D eigenvalue weighted by molar-refractivity contribution is 0.305. The van der Waals surface area contributed by atoms with Gasteiger partial charge < -0.3 is 15.4 Å². The highest BCUT2D eigenvalue weighted by Crippen LogP contribution is 2.14. The molecule has 0 amide bonds. The molecule has 1 aromatic rings. The van der Waals surface area contributed by atoms with Crippen LogP contribution in [-0.4, -0.2) is 36.2 Å². The van der Waals surface area contributed by atoms with Crippen molar-refractivity contribution in [1.82, 2.24) is 15.3 Å². The third kappa shape index (κ3) is 4.14. The van der Waals surface area contributed by atoms with Crippen molar-refractivity contribution < 1.29 is 4.74 Å². The number of hydrogen-bond acceptors (Lipinski definition) is 5. The molecule has 2 heterocycles. The maximum Gasteiger partial charge on any atom is 0.218 e. The number of hydrogen-bond donors (Lipinski definition) is 2. The minimum absolute atomic E-state index is 0.650. The molecule has 1 aliphatic heterocycles. The van der Waals surface area contributed by atoms with E-state index < -0.39 is 0 Å². The number of ether oxygens (including phenoxy) is 1. The van der Waals surface area contributed by atoms with Gasteiger partial charge in [0.2, 0.25) is 5.88 Å². The predicted molar refractivity (Wildman–Crippen MR) is 71.9 cm³/mol. The lowest BCUT2D eigenvalue weighted by atomic mass is 10.1. The van der Waals surface area contributed by atoms with Gasteiger partial charge in [0.15, 0.2) is 0 Å². The van der Waals surface area contributed by atoms with Crippen LogP contribution in [0, 0.1) is 5.92 Å². The van der Waals surface area contributed by atoms with Gasteiger partial charge in [0.1, 0.15) is 12.1 Å². The predicted octanol–water partition coefficient (Wildman–Crippen LogP) is 1.68. The molecule has 1 fully saturated rings. The van der Waals surface area contributed by atoms with Crippen LogP contribution in [0.25, 0.3) is 0 Å². The zero-order chi connectivity index (χ0) is 12.6. The highest BCUT2D eigenvalue weighted by Gasteiger charge is 2.13. The first-order chi connectivity index (χ1) is 8.88. The van der Waals surface area contributed by atoms with Crippen LogP contribution in [-0.2, 0) is 0 Å². The van der Waals surface area contributed by atoms with Gasteiger partial charge in [-0.2, -0.15) is 0 Å². The van der Waals surface area contributed by atoms with Crippen LogP contribution in [0.4, 0.5) is 5.82 Å². The van der Waals surface area contributed by atoms with Gasteiger partial charge >= 0.3 is 0 Å². The van der Waals surface area contributed by atoms with E-state index in [0.717, 1.165) is 37.8 Å². The minimum atomic E-state index is 0.650. The van der Waals surface area contributed by atoms with E-state index in [1.165, 1.54) is 12.8 Å². The average Bonchev–Trinajstić information content (AvgIpc) is 2.90. The highest BCUT2D eigenvalue weighted by molar-refractivity contribution is 5.36. The normalized spacial score (nSPS) is 18.8. The average molecular weight is 250 g/mol. The Morgan fingerprint density at radius 2 is 2.44 bits per heavy atom. The second-order valence-electron chi connectivity index (χ2n) is 4.66. The number of anilines is 1. The lowest BCUT2D eigenvalue weighted by Crippen LogP contribution is -2.13. The first-order valence-electron chi connectivity index (χ1n) is 6.78. The van der Waals surface area contributed by atoms with Crippen molar-refractivity contribution in [1.29, 1.82) is 0 Å². The second kappa shape index (κ2) is 7.16. The molecule has 1 saturated heterocycles. The molecule has 18 heavy (non-hydrogen) atoms. The van der Waals surface area contributed by atoms with Gasteiger partial charge in [0, 0.05) is 12.6 Å². The topological polar surface area (TPSA) is 59.1 Å². The highest BCUT2D eigenvalue weighted by atomic mass is 16.5. The van der Waals surface area contributed by atoms with Crippen molar-refractivity contribution in [2.45, 2.75) is 26.2 Å². The van der Waals surface area contributed by atoms with Gasteiger partial charge in [-0.15, -0.1) is 0 Å². The van der Waals surface area contributed by atoms with Gasteiger partial charge in [-0.05, 0) is 38.3 Å². The van der Waals surface area contributed by atoms with Crippen LogP contribution >= 0.6 is 0 Å². The summed E-state index contributed by atoms with van der Waals surface area (Å²) >= 11 is 0. The van der Waals surface area contributed by atoms with Crippen LogP contribution in [0.1, 0.15) is 26.2 Å². The molecule has 5 nitrogen and oxygen atoms in total. The molecule has 2 rings (SSSR count). The van der Waals surface area contributed by atoms with Crippen molar-refractivity contribution in [2.75, 3.05) is 31.6 Å². The number of nitrogens with zero attached hydrogens (tertiary/aromatic N) is 2. The molecular formula is C13H22N4O.